The number of hydrogen-bond acceptors (Lipinski definition) is 3. The molecule has 1 rings (SSSR count). The second-order valence-electron chi connectivity index (χ2n) is 4.27. The zero-order valence-electron chi connectivity index (χ0n) is 10.6. The molecule has 0 amide bonds. The molecule has 0 spiro atoms. The average molecular weight is 287 g/mol. The minimum absolute atomic E-state index is 0. The van der Waals surface area contributed by atoms with Gasteiger partial charge in [-0.3, -0.25) is 0 Å². The Morgan fingerprint density at radius 1 is 0.867 bits per heavy atom. The van der Waals surface area contributed by atoms with Crippen LogP contribution >= 0.6 is 0 Å². The maximum absolute atomic E-state index is 2.28. The molecule has 3 nitrogen and oxygen atoms in total. The van der Waals surface area contributed by atoms with Gasteiger partial charge in [-0.15, -0.1) is 0 Å². The van der Waals surface area contributed by atoms with Crippen molar-refractivity contribution in [3.63, 3.8) is 0 Å². The Balaban J connectivity index is 0.00000196. The standard InChI is InChI=1S/C11H21N3.Zr/c1-12(2)9-7-8-10(13(3)4)11(9)14(5)6;/h7H,8H2,1-6H3;. The van der Waals surface area contributed by atoms with Crippen LogP contribution in [0.3, 0.4) is 0 Å². The van der Waals surface area contributed by atoms with Crippen LogP contribution in [-0.4, -0.2) is 57.0 Å². The molecule has 84 valence electrons. The van der Waals surface area contributed by atoms with Gasteiger partial charge < -0.3 is 14.7 Å². The number of likely N-dealkylation sites (N-methyl/N-ethyl adjacent to an activating group) is 2. The summed E-state index contributed by atoms with van der Waals surface area (Å²) in [6.07, 6.45) is 3.32. The van der Waals surface area contributed by atoms with E-state index in [9.17, 15) is 0 Å². The average Bonchev–Trinajstić information content (AvgIpc) is 2.46. The van der Waals surface area contributed by atoms with Crippen LogP contribution in [0.2, 0.25) is 0 Å². The first-order valence-corrected chi connectivity index (χ1v) is 4.90. The van der Waals surface area contributed by atoms with Crippen LogP contribution in [0.4, 0.5) is 0 Å². The van der Waals surface area contributed by atoms with Crippen LogP contribution < -0.4 is 0 Å². The van der Waals surface area contributed by atoms with E-state index in [0.717, 1.165) is 6.42 Å². The number of nitrogens with zero attached hydrogens (tertiary/aromatic N) is 3. The molecule has 1 aliphatic carbocycles. The summed E-state index contributed by atoms with van der Waals surface area (Å²) in [6, 6.07) is 0. The molecule has 0 saturated carbocycles. The van der Waals surface area contributed by atoms with Crippen molar-refractivity contribution in [2.75, 3.05) is 42.3 Å². The number of hydrogen-bond donors (Lipinski definition) is 0. The van der Waals surface area contributed by atoms with E-state index in [0.29, 0.717) is 0 Å². The fourth-order valence-electron chi connectivity index (χ4n) is 1.81. The maximum Gasteiger partial charge on any atom is 0.0793 e. The summed E-state index contributed by atoms with van der Waals surface area (Å²) in [5, 5.41) is 0. The van der Waals surface area contributed by atoms with E-state index in [2.05, 4.69) is 63.1 Å². The van der Waals surface area contributed by atoms with E-state index >= 15 is 0 Å². The van der Waals surface area contributed by atoms with Gasteiger partial charge >= 0.3 is 0 Å². The summed E-state index contributed by atoms with van der Waals surface area (Å²) in [6.45, 7) is 0. The van der Waals surface area contributed by atoms with Crippen molar-refractivity contribution in [3.8, 4) is 0 Å². The Labute approximate surface area is 113 Å². The normalized spacial score (nSPS) is 14.7. The Hall–Kier alpha value is -0.237. The van der Waals surface area contributed by atoms with Gasteiger partial charge in [0.05, 0.1) is 11.4 Å². The molecule has 0 atom stereocenters. The first kappa shape index (κ1) is 14.8. The summed E-state index contributed by atoms with van der Waals surface area (Å²) in [7, 11) is 12.6. The fraction of sp³-hybridized carbons (Fsp3) is 0.636. The van der Waals surface area contributed by atoms with Crippen molar-refractivity contribution < 1.29 is 26.2 Å². The molecule has 0 aliphatic heterocycles. The van der Waals surface area contributed by atoms with Gasteiger partial charge in [-0.1, -0.05) is 6.08 Å². The molecule has 0 aromatic carbocycles. The molecular weight excluding hydrogens is 265 g/mol. The van der Waals surface area contributed by atoms with Crippen LogP contribution in [0.5, 0.6) is 0 Å². The van der Waals surface area contributed by atoms with E-state index in [1.165, 1.54) is 17.1 Å². The number of rotatable bonds is 3. The monoisotopic (exact) mass is 285 g/mol. The van der Waals surface area contributed by atoms with Crippen LogP contribution in [-0.2, 0) is 26.2 Å². The summed E-state index contributed by atoms with van der Waals surface area (Å²) in [5.74, 6) is 0. The van der Waals surface area contributed by atoms with Crippen LogP contribution in [0.1, 0.15) is 6.42 Å². The molecule has 0 radical (unpaired) electrons. The summed E-state index contributed by atoms with van der Waals surface area (Å²) in [5.41, 5.74) is 4.04. The Morgan fingerprint density at radius 2 is 1.40 bits per heavy atom. The van der Waals surface area contributed by atoms with Gasteiger partial charge in [-0.05, 0) is 0 Å². The predicted octanol–water partition coefficient (Wildman–Crippen LogP) is 1.17. The second kappa shape index (κ2) is 5.74. The summed E-state index contributed by atoms with van der Waals surface area (Å²) >= 11 is 0. The molecule has 0 N–H and O–H groups in total. The summed E-state index contributed by atoms with van der Waals surface area (Å²) in [4.78, 5) is 6.56. The van der Waals surface area contributed by atoms with E-state index in [1.54, 1.807) is 0 Å². The third-order valence-corrected chi connectivity index (χ3v) is 2.47. The van der Waals surface area contributed by atoms with Gasteiger partial charge in [0.1, 0.15) is 0 Å². The van der Waals surface area contributed by atoms with Crippen LogP contribution in [0.15, 0.2) is 23.2 Å². The van der Waals surface area contributed by atoms with Crippen molar-refractivity contribution in [1.29, 1.82) is 0 Å². The van der Waals surface area contributed by atoms with E-state index < -0.39 is 0 Å². The quantitative estimate of drug-likeness (QED) is 0.771. The molecule has 0 aromatic rings. The zero-order valence-corrected chi connectivity index (χ0v) is 13.1. The van der Waals surface area contributed by atoms with Crippen LogP contribution in [0.25, 0.3) is 0 Å². The van der Waals surface area contributed by atoms with E-state index in [1.807, 2.05) is 0 Å². The predicted molar refractivity (Wildman–Crippen MR) is 60.8 cm³/mol. The molecule has 0 saturated heterocycles. The van der Waals surface area contributed by atoms with Gasteiger partial charge in [0, 0.05) is 80.6 Å². The molecule has 4 heteroatoms. The van der Waals surface area contributed by atoms with E-state index in [-0.39, 0.29) is 26.2 Å². The van der Waals surface area contributed by atoms with Gasteiger partial charge in [0.2, 0.25) is 0 Å². The molecule has 15 heavy (non-hydrogen) atoms. The maximum atomic E-state index is 2.28. The van der Waals surface area contributed by atoms with Crippen molar-refractivity contribution in [3.05, 3.63) is 23.2 Å². The Morgan fingerprint density at radius 3 is 1.73 bits per heavy atom. The van der Waals surface area contributed by atoms with Crippen molar-refractivity contribution in [2.45, 2.75) is 6.42 Å². The number of allylic oxidation sites excluding steroid dienone is 1. The molecule has 1 aliphatic rings. The molecule has 0 heterocycles. The summed E-state index contributed by atoms with van der Waals surface area (Å²) < 4.78 is 0. The SMILES string of the molecule is CN(C)C1=CCC(N(C)C)=C1N(C)C.[Zr]. The first-order valence-electron chi connectivity index (χ1n) is 4.90. The second-order valence-corrected chi connectivity index (χ2v) is 4.27. The van der Waals surface area contributed by atoms with Gasteiger partial charge in [0.25, 0.3) is 0 Å². The third kappa shape index (κ3) is 3.11. The molecule has 0 fully saturated rings. The Kier molecular flexibility index (Phi) is 5.65. The molecule has 0 aromatic heterocycles. The van der Waals surface area contributed by atoms with E-state index in [4.69, 9.17) is 0 Å². The third-order valence-electron chi connectivity index (χ3n) is 2.47. The topological polar surface area (TPSA) is 9.72 Å². The fourth-order valence-corrected chi connectivity index (χ4v) is 1.81. The molecule has 0 unspecified atom stereocenters. The molecule has 0 bridgehead atoms. The molecular formula is C11H21N3Zr. The van der Waals surface area contributed by atoms with Gasteiger partial charge in [0.15, 0.2) is 0 Å². The Bertz CT molecular complexity index is 278. The smallest absolute Gasteiger partial charge is 0.0793 e. The van der Waals surface area contributed by atoms with Gasteiger partial charge in [-0.2, -0.15) is 0 Å². The van der Waals surface area contributed by atoms with Crippen molar-refractivity contribution in [1.82, 2.24) is 14.7 Å². The minimum Gasteiger partial charge on any atom is -0.379 e. The van der Waals surface area contributed by atoms with Crippen molar-refractivity contribution in [2.24, 2.45) is 0 Å². The largest absolute Gasteiger partial charge is 0.379 e. The van der Waals surface area contributed by atoms with Gasteiger partial charge in [-0.25, -0.2) is 0 Å². The van der Waals surface area contributed by atoms with Crippen molar-refractivity contribution >= 4 is 0 Å². The zero-order chi connectivity index (χ0) is 10.9. The first-order chi connectivity index (χ1) is 6.45. The minimum atomic E-state index is 0. The van der Waals surface area contributed by atoms with Crippen LogP contribution in [0, 0.1) is 0 Å².